The summed E-state index contributed by atoms with van der Waals surface area (Å²) in [5.74, 6) is -0.0645. The number of aromatic nitrogens is 2. The number of hydrogen-bond donors (Lipinski definition) is 1. The van der Waals surface area contributed by atoms with Gasteiger partial charge in [-0.2, -0.15) is 13.2 Å². The zero-order chi connectivity index (χ0) is 20.4. The fourth-order valence-corrected chi connectivity index (χ4v) is 3.23. The maximum Gasteiger partial charge on any atom is 0.416 e. The van der Waals surface area contributed by atoms with Gasteiger partial charge in [0, 0.05) is 25.0 Å². The van der Waals surface area contributed by atoms with Crippen LogP contribution in [0.25, 0.3) is 0 Å². The van der Waals surface area contributed by atoms with Crippen molar-refractivity contribution in [3.8, 4) is 0 Å². The lowest BCUT2D eigenvalue weighted by atomic mass is 10.0. The van der Waals surface area contributed by atoms with Crippen LogP contribution in [0.5, 0.6) is 0 Å². The predicted octanol–water partition coefficient (Wildman–Crippen LogP) is 4.31. The van der Waals surface area contributed by atoms with Gasteiger partial charge in [-0.15, -0.1) is 0 Å². The Morgan fingerprint density at radius 1 is 1.00 bits per heavy atom. The second-order valence-corrected chi connectivity index (χ2v) is 6.71. The average molecular weight is 398 g/mol. The summed E-state index contributed by atoms with van der Waals surface area (Å²) in [5.41, 5.74) is 2.12. The van der Waals surface area contributed by atoms with Crippen molar-refractivity contribution >= 4 is 17.5 Å². The highest BCUT2D eigenvalue weighted by Crippen LogP contribution is 2.30. The molecule has 1 aliphatic rings. The van der Waals surface area contributed by atoms with Crippen LogP contribution in [0.3, 0.4) is 0 Å². The highest BCUT2D eigenvalue weighted by Gasteiger charge is 2.30. The largest absolute Gasteiger partial charge is 0.416 e. The third-order valence-corrected chi connectivity index (χ3v) is 4.76. The molecule has 0 fully saturated rings. The summed E-state index contributed by atoms with van der Waals surface area (Å²) in [6, 6.07) is 13.9. The topological polar surface area (TPSA) is 58.1 Å². The Bertz CT molecular complexity index is 1030. The number of nitrogens with zero attached hydrogens (tertiary/aromatic N) is 3. The normalized spacial score (nSPS) is 13.7. The first-order valence-electron chi connectivity index (χ1n) is 9.03. The Morgan fingerprint density at radius 2 is 1.72 bits per heavy atom. The molecule has 1 N–H and O–H groups in total. The fourth-order valence-electron chi connectivity index (χ4n) is 3.23. The van der Waals surface area contributed by atoms with Crippen molar-refractivity contribution in [2.24, 2.45) is 0 Å². The van der Waals surface area contributed by atoms with E-state index in [4.69, 9.17) is 0 Å². The van der Waals surface area contributed by atoms with Gasteiger partial charge in [0.25, 0.3) is 5.91 Å². The number of amides is 1. The fraction of sp³-hybridized carbons (Fsp3) is 0.190. The minimum absolute atomic E-state index is 0.147. The van der Waals surface area contributed by atoms with Gasteiger partial charge in [0.2, 0.25) is 5.95 Å². The first-order valence-corrected chi connectivity index (χ1v) is 9.03. The lowest BCUT2D eigenvalue weighted by Crippen LogP contribution is -2.32. The number of fused-ring (bicyclic) bond motifs is 1. The van der Waals surface area contributed by atoms with Crippen LogP contribution >= 0.6 is 0 Å². The number of carbonyl (C=O) groups is 1. The summed E-state index contributed by atoms with van der Waals surface area (Å²) in [6.07, 6.45) is -2.05. The lowest BCUT2D eigenvalue weighted by Gasteiger charge is -2.28. The Labute approximate surface area is 165 Å². The average Bonchev–Trinajstić information content (AvgIpc) is 2.73. The minimum Gasteiger partial charge on any atom is -0.336 e. The third kappa shape index (κ3) is 4.21. The molecule has 1 aromatic heterocycles. The van der Waals surface area contributed by atoms with E-state index in [9.17, 15) is 18.0 Å². The van der Waals surface area contributed by atoms with Crippen LogP contribution in [0, 0.1) is 0 Å². The number of anilines is 2. The smallest absolute Gasteiger partial charge is 0.336 e. The molecule has 0 bridgehead atoms. The summed E-state index contributed by atoms with van der Waals surface area (Å²) < 4.78 is 38.0. The molecule has 1 amide bonds. The van der Waals surface area contributed by atoms with E-state index in [1.165, 1.54) is 35.5 Å². The molecule has 0 atom stereocenters. The van der Waals surface area contributed by atoms with Gasteiger partial charge in [0.1, 0.15) is 5.69 Å². The van der Waals surface area contributed by atoms with Crippen molar-refractivity contribution in [2.75, 3.05) is 16.8 Å². The lowest BCUT2D eigenvalue weighted by molar-refractivity contribution is -0.137. The number of rotatable bonds is 3. The summed E-state index contributed by atoms with van der Waals surface area (Å²) in [4.78, 5) is 23.1. The van der Waals surface area contributed by atoms with Crippen LogP contribution in [0.15, 0.2) is 60.8 Å². The van der Waals surface area contributed by atoms with E-state index in [1.807, 2.05) is 17.0 Å². The number of halogens is 3. The van der Waals surface area contributed by atoms with Gasteiger partial charge in [-0.1, -0.05) is 24.3 Å². The molecule has 8 heteroatoms. The molecule has 0 unspecified atom stereocenters. The standard InChI is InChI=1S/C21H17F3N4O/c22-21(23,24)16-5-7-17(8-6-16)26-19(29)18-9-11-25-20(27-18)28-12-10-14-3-1-2-4-15(14)13-28/h1-9,11H,10,12-13H2,(H,26,29). The molecule has 5 nitrogen and oxygen atoms in total. The van der Waals surface area contributed by atoms with E-state index in [0.29, 0.717) is 12.5 Å². The SMILES string of the molecule is O=C(Nc1ccc(C(F)(F)F)cc1)c1ccnc(N2CCc3ccccc3C2)n1. The molecule has 2 aromatic carbocycles. The van der Waals surface area contributed by atoms with Crippen molar-refractivity contribution < 1.29 is 18.0 Å². The van der Waals surface area contributed by atoms with E-state index in [2.05, 4.69) is 27.4 Å². The second-order valence-electron chi connectivity index (χ2n) is 6.71. The van der Waals surface area contributed by atoms with E-state index in [-0.39, 0.29) is 11.4 Å². The molecule has 3 aromatic rings. The van der Waals surface area contributed by atoms with Crippen LogP contribution < -0.4 is 10.2 Å². The van der Waals surface area contributed by atoms with E-state index in [1.54, 1.807) is 0 Å². The van der Waals surface area contributed by atoms with Gasteiger partial charge in [-0.3, -0.25) is 4.79 Å². The predicted molar refractivity (Wildman–Crippen MR) is 103 cm³/mol. The highest BCUT2D eigenvalue weighted by molar-refractivity contribution is 6.02. The highest BCUT2D eigenvalue weighted by atomic mass is 19.4. The molecule has 29 heavy (non-hydrogen) atoms. The Kier molecular flexibility index (Phi) is 4.92. The van der Waals surface area contributed by atoms with Crippen LogP contribution in [0.2, 0.25) is 0 Å². The molecule has 2 heterocycles. The minimum atomic E-state index is -4.42. The molecule has 0 saturated heterocycles. The number of nitrogens with one attached hydrogen (secondary N) is 1. The molecule has 0 aliphatic carbocycles. The number of benzene rings is 2. The van der Waals surface area contributed by atoms with Gasteiger partial charge < -0.3 is 10.2 Å². The van der Waals surface area contributed by atoms with Crippen molar-refractivity contribution in [3.05, 3.63) is 83.2 Å². The summed E-state index contributed by atoms with van der Waals surface area (Å²) >= 11 is 0. The monoisotopic (exact) mass is 398 g/mol. The summed E-state index contributed by atoms with van der Waals surface area (Å²) in [5, 5.41) is 2.57. The van der Waals surface area contributed by atoms with E-state index >= 15 is 0 Å². The number of alkyl halides is 3. The second kappa shape index (κ2) is 7.54. The zero-order valence-electron chi connectivity index (χ0n) is 15.3. The Hall–Kier alpha value is -3.42. The Morgan fingerprint density at radius 3 is 2.45 bits per heavy atom. The molecule has 148 valence electrons. The van der Waals surface area contributed by atoms with Gasteiger partial charge in [-0.05, 0) is 47.9 Å². The Balaban J connectivity index is 1.48. The van der Waals surface area contributed by atoms with Crippen LogP contribution in [0.1, 0.15) is 27.2 Å². The molecule has 0 radical (unpaired) electrons. The van der Waals surface area contributed by atoms with E-state index < -0.39 is 17.6 Å². The first kappa shape index (κ1) is 18.9. The van der Waals surface area contributed by atoms with E-state index in [0.717, 1.165) is 25.1 Å². The number of carbonyl (C=O) groups excluding carboxylic acids is 1. The van der Waals surface area contributed by atoms with Crippen molar-refractivity contribution in [3.63, 3.8) is 0 Å². The summed E-state index contributed by atoms with van der Waals surface area (Å²) in [6.45, 7) is 1.39. The van der Waals surface area contributed by atoms with Gasteiger partial charge in [0.05, 0.1) is 5.56 Å². The van der Waals surface area contributed by atoms with Crippen LogP contribution in [-0.2, 0) is 19.1 Å². The molecular weight excluding hydrogens is 381 g/mol. The maximum absolute atomic E-state index is 12.7. The molecule has 0 saturated carbocycles. The third-order valence-electron chi connectivity index (χ3n) is 4.76. The molecule has 4 rings (SSSR count). The zero-order valence-corrected chi connectivity index (χ0v) is 15.3. The maximum atomic E-state index is 12.7. The summed E-state index contributed by atoms with van der Waals surface area (Å²) in [7, 11) is 0. The van der Waals surface area contributed by atoms with Crippen molar-refractivity contribution in [1.82, 2.24) is 9.97 Å². The van der Waals surface area contributed by atoms with Gasteiger partial charge in [-0.25, -0.2) is 9.97 Å². The van der Waals surface area contributed by atoms with Crippen molar-refractivity contribution in [1.29, 1.82) is 0 Å². The van der Waals surface area contributed by atoms with Crippen molar-refractivity contribution in [2.45, 2.75) is 19.1 Å². The van der Waals surface area contributed by atoms with Crippen LogP contribution in [0.4, 0.5) is 24.8 Å². The van der Waals surface area contributed by atoms with Gasteiger partial charge >= 0.3 is 6.18 Å². The molecule has 1 aliphatic heterocycles. The molecule has 0 spiro atoms. The quantitative estimate of drug-likeness (QED) is 0.714. The number of hydrogen-bond acceptors (Lipinski definition) is 4. The van der Waals surface area contributed by atoms with Gasteiger partial charge in [0.15, 0.2) is 0 Å². The first-order chi connectivity index (χ1) is 13.9. The molecular formula is C21H17F3N4O. The van der Waals surface area contributed by atoms with Crippen LogP contribution in [-0.4, -0.2) is 22.4 Å².